The van der Waals surface area contributed by atoms with Gasteiger partial charge in [-0.15, -0.1) is 0 Å². The number of rotatable bonds is 51. The molecule has 1 aliphatic rings. The molecular weight excluding hydrogens is 1770 g/mol. The molecule has 3 aromatic rings. The molecule has 754 valence electrons. The second kappa shape index (κ2) is 48.3. The molecule has 0 radical (unpaired) electrons. The molecule has 1 saturated heterocycles. The first-order valence-electron chi connectivity index (χ1n) is 44.9. The summed E-state index contributed by atoms with van der Waals surface area (Å²) < 4.78 is 0. The highest BCUT2D eigenvalue weighted by Gasteiger charge is 2.49. The molecule has 45 heteroatoms. The van der Waals surface area contributed by atoms with Gasteiger partial charge in [0.25, 0.3) is 0 Å². The first-order valence-corrected chi connectivity index (χ1v) is 44.9. The number of aromatic amines is 1. The van der Waals surface area contributed by atoms with Crippen LogP contribution in [0.2, 0.25) is 0 Å². The zero-order chi connectivity index (χ0) is 104. The van der Waals surface area contributed by atoms with Crippen molar-refractivity contribution >= 4 is 135 Å². The summed E-state index contributed by atoms with van der Waals surface area (Å²) in [6.07, 6.45) is 0.842. The summed E-state index contributed by atoms with van der Waals surface area (Å²) in [6.45, 7) is 28.8. The van der Waals surface area contributed by atoms with Crippen LogP contribution >= 0.6 is 0 Å². The van der Waals surface area contributed by atoms with E-state index < -0.39 is 261 Å². The van der Waals surface area contributed by atoms with Crippen molar-refractivity contribution in [3.63, 3.8) is 0 Å². The highest BCUT2D eigenvalue weighted by molar-refractivity contribution is 6.05. The van der Waals surface area contributed by atoms with Gasteiger partial charge < -0.3 is 127 Å². The lowest BCUT2D eigenvalue weighted by atomic mass is 9.93. The van der Waals surface area contributed by atoms with Crippen LogP contribution in [0.1, 0.15) is 222 Å². The Kier molecular flexibility index (Phi) is 40.9. The number of fused-ring (bicyclic) bond motifs is 1. The summed E-state index contributed by atoms with van der Waals surface area (Å²) in [5.41, 5.74) is -3.00. The molecule has 0 aliphatic carbocycles. The molecule has 1 fully saturated rings. The van der Waals surface area contributed by atoms with Crippen LogP contribution in [0.3, 0.4) is 0 Å². The number of H-pyrrole nitrogens is 1. The minimum Gasteiger partial charge on any atom is -0.394 e. The molecule has 2 heterocycles. The quantitative estimate of drug-likeness (QED) is 0.0256. The van der Waals surface area contributed by atoms with Crippen molar-refractivity contribution in [2.75, 3.05) is 26.3 Å². The number of benzene rings is 2. The number of aliphatic hydroxyl groups excluding tert-OH is 2. The van der Waals surface area contributed by atoms with E-state index in [-0.39, 0.29) is 57.4 Å². The summed E-state index contributed by atoms with van der Waals surface area (Å²) in [5, 5.41) is 67.0. The molecule has 10 atom stereocenters. The van der Waals surface area contributed by atoms with Crippen LogP contribution in [-0.4, -0.2) is 275 Å². The van der Waals surface area contributed by atoms with Gasteiger partial charge in [-0.2, -0.15) is 0 Å². The maximum absolute atomic E-state index is 14.3. The van der Waals surface area contributed by atoms with Gasteiger partial charge in [0.15, 0.2) is 0 Å². The highest BCUT2D eigenvalue weighted by atomic mass is 16.3. The van der Waals surface area contributed by atoms with E-state index in [0.29, 0.717) is 12.0 Å². The van der Waals surface area contributed by atoms with Gasteiger partial charge in [-0.1, -0.05) is 69.3 Å². The Morgan fingerprint density at radius 3 is 1.38 bits per heavy atom. The second-order valence-corrected chi connectivity index (χ2v) is 39.2. The van der Waals surface area contributed by atoms with Gasteiger partial charge in [-0.25, -0.2) is 0 Å². The average Bonchev–Trinajstić information content (AvgIpc) is 1.24. The Hall–Kier alpha value is -13.2. The number of carbonyl (C=O) groups excluding carboxylic acids is 21. The van der Waals surface area contributed by atoms with Crippen LogP contribution in [0.15, 0.2) is 60.8 Å². The predicted octanol–water partition coefficient (Wildman–Crippen LogP) is -4.00. The number of likely N-dealkylation sites (tertiary alicyclic amines) is 1. The van der Waals surface area contributed by atoms with Crippen LogP contribution in [0.5, 0.6) is 0 Å². The molecule has 136 heavy (non-hydrogen) atoms. The van der Waals surface area contributed by atoms with Crippen LogP contribution in [0.25, 0.3) is 10.9 Å². The topological polar surface area (TPSA) is 687 Å². The van der Waals surface area contributed by atoms with E-state index >= 15 is 0 Å². The average molecular weight is 1910 g/mol. The Morgan fingerprint density at radius 2 is 0.868 bits per heavy atom. The number of hydrogen-bond donors (Lipinski definition) is 23. The van der Waals surface area contributed by atoms with Gasteiger partial charge in [0.2, 0.25) is 124 Å². The van der Waals surface area contributed by atoms with E-state index in [9.17, 15) is 111 Å². The molecule has 4 rings (SSSR count). The number of amides is 21. The van der Waals surface area contributed by atoms with E-state index in [2.05, 4.69) is 101 Å². The zero-order valence-corrected chi connectivity index (χ0v) is 82.0. The van der Waals surface area contributed by atoms with Crippen LogP contribution in [0.4, 0.5) is 0 Å². The number of aromatic nitrogens is 1. The Balaban J connectivity index is 1.30. The number of para-hydroxylation sites is 1. The van der Waals surface area contributed by atoms with E-state index in [1.165, 1.54) is 150 Å². The fourth-order valence-corrected chi connectivity index (χ4v) is 13.9. The molecule has 10 unspecified atom stereocenters. The Labute approximate surface area is 791 Å². The molecule has 25 N–H and O–H groups in total. The van der Waals surface area contributed by atoms with Crippen molar-refractivity contribution in [2.24, 2.45) is 17.4 Å². The third kappa shape index (κ3) is 34.0. The first kappa shape index (κ1) is 115. The lowest BCUT2D eigenvalue weighted by molar-refractivity contribution is -0.146. The zero-order valence-electron chi connectivity index (χ0n) is 82.0. The van der Waals surface area contributed by atoms with Crippen LogP contribution < -0.4 is 107 Å². The predicted molar refractivity (Wildman–Crippen MR) is 497 cm³/mol. The number of hydrogen-bond acceptors (Lipinski definition) is 23. The van der Waals surface area contributed by atoms with Gasteiger partial charge in [-0.3, -0.25) is 101 Å². The fraction of sp³-hybridized carbons (Fsp3) is 0.615. The summed E-state index contributed by atoms with van der Waals surface area (Å²) in [5.74, 6) is -18.5. The molecular formula is C91H142N22O23. The standard InChI is InChI=1S/C91H142N22O23/c1-24-91(23,112-80(134)88(17,18)107-72(126)61(47-115)103-75(129)83(7,8)106-71(125)60(98-51(6)116)42-52-31-26-25-27-32-52)81(135)102-59(41-48(2)3)70(124)100-57(36-38-63(92)117)68(122)95-45-65(119)104-86(13,14)77(131)109-84(9,10)74(128)97-49(4)66(120)96-50(5)67(121)105-90(21,22)82(136)113-40-30-35-62(113)73(127)108-87(15,16)78(132)111-89(19,20)79(133)110-85(11,12)76(130)101-58(37-39-64(93)118)69(123)99-54(46-114)43-53-44-94-56-34-29-28-33-55(53)56/h25-29,31-34,44,48-50,54,57-62,94,114-115H,24,30,35-43,45-47H2,1-23H3,(H2,92,117)(H2,93,118)(H,95,122)(H,96,120)(H,97,128)(H,98,116)(H,99,123)(H,100,124)(H,101,130)(H,102,135)(H,103,129)(H,104,119)(H,105,121)(H,106,125)(H,107,126)(H,108,127)(H,109,131)(H,110,133)(H,111,132)(H,112,134). The van der Waals surface area contributed by atoms with E-state index in [0.717, 1.165) is 16.5 Å². The summed E-state index contributed by atoms with van der Waals surface area (Å²) in [7, 11) is 0. The number of carbonyl (C=O) groups is 21. The molecule has 45 nitrogen and oxygen atoms in total. The maximum atomic E-state index is 14.3. The van der Waals surface area contributed by atoms with Gasteiger partial charge in [-0.05, 0) is 200 Å². The normalized spacial score (nSPS) is 15.4. The van der Waals surface area contributed by atoms with Gasteiger partial charge in [0, 0.05) is 49.8 Å². The van der Waals surface area contributed by atoms with Crippen molar-refractivity contribution in [2.45, 2.75) is 328 Å². The summed E-state index contributed by atoms with van der Waals surface area (Å²) in [4.78, 5) is 290. The minimum absolute atomic E-state index is 0.0431. The van der Waals surface area contributed by atoms with Gasteiger partial charge in [0.05, 0.1) is 25.8 Å². The number of nitrogens with two attached hydrogens (primary N) is 2. The molecule has 21 amide bonds. The number of nitrogens with one attached hydrogen (secondary N) is 19. The smallest absolute Gasteiger partial charge is 0.248 e. The van der Waals surface area contributed by atoms with Crippen molar-refractivity contribution < 1.29 is 111 Å². The van der Waals surface area contributed by atoms with Gasteiger partial charge in [0.1, 0.15) is 98.2 Å². The van der Waals surface area contributed by atoms with Crippen molar-refractivity contribution in [1.82, 2.24) is 106 Å². The number of nitrogens with zero attached hydrogens (tertiary/aromatic N) is 1. The van der Waals surface area contributed by atoms with Crippen molar-refractivity contribution in [3.8, 4) is 0 Å². The minimum atomic E-state index is -1.88. The Morgan fingerprint density at radius 1 is 0.426 bits per heavy atom. The lowest BCUT2D eigenvalue weighted by Gasteiger charge is -2.36. The maximum Gasteiger partial charge on any atom is 0.248 e. The van der Waals surface area contributed by atoms with E-state index in [4.69, 9.17) is 11.5 Å². The number of aliphatic hydroxyl groups is 2. The molecule has 0 spiro atoms. The monoisotopic (exact) mass is 1910 g/mol. The third-order valence-corrected chi connectivity index (χ3v) is 22.7. The molecule has 1 aliphatic heterocycles. The number of primary amides is 2. The fourth-order valence-electron chi connectivity index (χ4n) is 13.9. The Bertz CT molecular complexity index is 4920. The highest BCUT2D eigenvalue weighted by Crippen LogP contribution is 2.26. The van der Waals surface area contributed by atoms with Gasteiger partial charge >= 0.3 is 0 Å². The molecule has 0 saturated carbocycles. The lowest BCUT2D eigenvalue weighted by Crippen LogP contribution is -2.67. The second-order valence-electron chi connectivity index (χ2n) is 39.2. The summed E-state index contributed by atoms with van der Waals surface area (Å²) in [6, 6.07) is 4.24. The largest absolute Gasteiger partial charge is 0.394 e. The third-order valence-electron chi connectivity index (χ3n) is 22.7. The summed E-state index contributed by atoms with van der Waals surface area (Å²) >= 11 is 0. The first-order chi connectivity index (χ1) is 62.6. The molecule has 1 aromatic heterocycles. The SMILES string of the molecule is CCC(C)(NC(=O)C(C)(C)NC(=O)C(CO)NC(=O)C(C)(C)NC(=O)C(Cc1ccccc1)NC(C)=O)C(=O)NC(CC(C)C)C(=O)NC(CCC(N)=O)C(=O)NCC(=O)NC(C)(C)C(=O)NC(C)(C)C(=O)NC(C)C(=O)NC(C)C(=O)NC(C)(C)C(=O)N1CCCC1C(=O)NC(C)(C)C(=O)NC(C)(C)C(=O)NC(C)(C)C(=O)NC(CCC(N)=O)C(=O)NC(CO)Cc1c[nH]c2ccccc12. The molecule has 0 bridgehead atoms. The van der Waals surface area contributed by atoms with E-state index in [1.807, 2.05) is 24.3 Å². The van der Waals surface area contributed by atoms with Crippen LogP contribution in [0, 0.1) is 5.92 Å². The molecule has 2 aromatic carbocycles. The van der Waals surface area contributed by atoms with Crippen molar-refractivity contribution in [1.29, 1.82) is 0 Å². The van der Waals surface area contributed by atoms with E-state index in [1.54, 1.807) is 50.4 Å². The van der Waals surface area contributed by atoms with Crippen molar-refractivity contribution in [3.05, 3.63) is 71.9 Å². The van der Waals surface area contributed by atoms with Crippen LogP contribution in [-0.2, 0) is 114 Å².